The van der Waals surface area contributed by atoms with Crippen molar-refractivity contribution in [1.29, 1.82) is 5.26 Å². The monoisotopic (exact) mass is 223 g/mol. The first-order valence-corrected chi connectivity index (χ1v) is 5.19. The van der Waals surface area contributed by atoms with Gasteiger partial charge < -0.3 is 0 Å². The van der Waals surface area contributed by atoms with Crippen molar-refractivity contribution in [3.05, 3.63) is 29.0 Å². The van der Waals surface area contributed by atoms with Gasteiger partial charge in [0.05, 0.1) is 18.2 Å². The maximum Gasteiger partial charge on any atom is 0.0638 e. The van der Waals surface area contributed by atoms with Gasteiger partial charge in [-0.25, -0.2) is 0 Å². The Kier molecular flexibility index (Phi) is 4.54. The van der Waals surface area contributed by atoms with E-state index < -0.39 is 0 Å². The average Bonchev–Trinajstić information content (AvgIpc) is 2.18. The zero-order valence-electron chi connectivity index (χ0n) is 8.94. The van der Waals surface area contributed by atoms with Gasteiger partial charge in [-0.05, 0) is 26.1 Å². The van der Waals surface area contributed by atoms with Crippen molar-refractivity contribution >= 4 is 11.6 Å². The molecule has 3 nitrogen and oxygen atoms in total. The highest BCUT2D eigenvalue weighted by Gasteiger charge is 2.09. The van der Waals surface area contributed by atoms with Crippen LogP contribution in [0.5, 0.6) is 0 Å². The van der Waals surface area contributed by atoms with Crippen molar-refractivity contribution in [2.24, 2.45) is 0 Å². The molecule has 1 heterocycles. The van der Waals surface area contributed by atoms with Crippen molar-refractivity contribution in [3.63, 3.8) is 0 Å². The van der Waals surface area contributed by atoms with Crippen molar-refractivity contribution in [2.75, 3.05) is 7.05 Å². The Hall–Kier alpha value is -1.11. The summed E-state index contributed by atoms with van der Waals surface area (Å²) in [5.41, 5.74) is 0.926. The highest BCUT2D eigenvalue weighted by molar-refractivity contribution is 6.30. The van der Waals surface area contributed by atoms with E-state index >= 15 is 0 Å². The first-order valence-electron chi connectivity index (χ1n) is 4.81. The minimum Gasteiger partial charge on any atom is -0.297 e. The van der Waals surface area contributed by atoms with Gasteiger partial charge in [0.1, 0.15) is 0 Å². The van der Waals surface area contributed by atoms with Crippen LogP contribution in [0.25, 0.3) is 0 Å². The number of rotatable bonds is 4. The summed E-state index contributed by atoms with van der Waals surface area (Å²) in [6.45, 7) is 2.73. The van der Waals surface area contributed by atoms with Crippen molar-refractivity contribution in [2.45, 2.75) is 25.9 Å². The zero-order chi connectivity index (χ0) is 11.3. The summed E-state index contributed by atoms with van der Waals surface area (Å²) in [7, 11) is 1.98. The quantitative estimate of drug-likeness (QED) is 0.787. The molecule has 0 bridgehead atoms. The molecule has 15 heavy (non-hydrogen) atoms. The fourth-order valence-electron chi connectivity index (χ4n) is 1.23. The summed E-state index contributed by atoms with van der Waals surface area (Å²) in [5, 5.41) is 9.28. The van der Waals surface area contributed by atoms with Crippen LogP contribution in [0.15, 0.2) is 18.3 Å². The van der Waals surface area contributed by atoms with Crippen LogP contribution in [0.2, 0.25) is 5.02 Å². The van der Waals surface area contributed by atoms with Crippen LogP contribution in [-0.4, -0.2) is 23.0 Å². The molecule has 0 N–H and O–H groups in total. The van der Waals surface area contributed by atoms with Crippen molar-refractivity contribution in [1.82, 2.24) is 9.88 Å². The second kappa shape index (κ2) is 5.69. The van der Waals surface area contributed by atoms with Crippen LogP contribution < -0.4 is 0 Å². The summed E-state index contributed by atoms with van der Waals surface area (Å²) in [4.78, 5) is 6.30. The third kappa shape index (κ3) is 3.86. The maximum atomic E-state index is 8.58. The van der Waals surface area contributed by atoms with E-state index in [1.165, 1.54) is 0 Å². The van der Waals surface area contributed by atoms with Gasteiger partial charge in [0, 0.05) is 23.8 Å². The minimum atomic E-state index is 0.232. The molecule has 0 saturated carbocycles. The lowest BCUT2D eigenvalue weighted by molar-refractivity contribution is 0.249. The molecule has 80 valence electrons. The predicted molar refractivity (Wildman–Crippen MR) is 60.4 cm³/mol. The fraction of sp³-hybridized carbons (Fsp3) is 0.455. The van der Waals surface area contributed by atoms with Crippen LogP contribution in [0.1, 0.15) is 19.0 Å². The number of halogens is 1. The van der Waals surface area contributed by atoms with Crippen LogP contribution in [0.3, 0.4) is 0 Å². The molecule has 0 spiro atoms. The molecule has 1 aromatic rings. The van der Waals surface area contributed by atoms with Gasteiger partial charge in [-0.15, -0.1) is 0 Å². The first-order chi connectivity index (χ1) is 7.13. The lowest BCUT2D eigenvalue weighted by atomic mass is 10.2. The number of nitrogens with zero attached hydrogens (tertiary/aromatic N) is 3. The highest BCUT2D eigenvalue weighted by Crippen LogP contribution is 2.11. The molecular formula is C11H14ClN3. The van der Waals surface area contributed by atoms with Gasteiger partial charge in [0.2, 0.25) is 0 Å². The smallest absolute Gasteiger partial charge is 0.0638 e. The topological polar surface area (TPSA) is 39.9 Å². The molecule has 0 aliphatic carbocycles. The molecule has 0 amide bonds. The van der Waals surface area contributed by atoms with E-state index in [1.54, 1.807) is 12.3 Å². The van der Waals surface area contributed by atoms with Crippen LogP contribution >= 0.6 is 11.6 Å². The lowest BCUT2D eigenvalue weighted by Crippen LogP contribution is -2.28. The molecular weight excluding hydrogens is 210 g/mol. The van der Waals surface area contributed by atoms with Crippen molar-refractivity contribution < 1.29 is 0 Å². The predicted octanol–water partition coefficient (Wildman–Crippen LogP) is 2.47. The van der Waals surface area contributed by atoms with E-state index in [4.69, 9.17) is 16.9 Å². The summed E-state index contributed by atoms with van der Waals surface area (Å²) in [6, 6.07) is 5.99. The second-order valence-corrected chi connectivity index (χ2v) is 4.03. The highest BCUT2D eigenvalue weighted by atomic mass is 35.5. The fourth-order valence-corrected chi connectivity index (χ4v) is 1.42. The molecule has 0 aromatic carbocycles. The largest absolute Gasteiger partial charge is 0.297 e. The summed E-state index contributed by atoms with van der Waals surface area (Å²) < 4.78 is 0. The SMILES string of the molecule is CC(CC#N)N(C)Cc1cc(Cl)ccn1. The molecule has 1 unspecified atom stereocenters. The van der Waals surface area contributed by atoms with Crippen LogP contribution in [-0.2, 0) is 6.54 Å². The molecule has 0 fully saturated rings. The Balaban J connectivity index is 2.58. The second-order valence-electron chi connectivity index (χ2n) is 3.59. The molecule has 0 radical (unpaired) electrons. The number of hydrogen-bond donors (Lipinski definition) is 0. The Bertz CT molecular complexity index is 359. The van der Waals surface area contributed by atoms with Crippen molar-refractivity contribution in [3.8, 4) is 6.07 Å². The number of nitriles is 1. The van der Waals surface area contributed by atoms with Gasteiger partial charge >= 0.3 is 0 Å². The Morgan fingerprint density at radius 1 is 1.67 bits per heavy atom. The summed E-state index contributed by atoms with van der Waals surface area (Å²) in [6.07, 6.45) is 2.22. The van der Waals surface area contributed by atoms with E-state index in [1.807, 2.05) is 20.0 Å². The summed E-state index contributed by atoms with van der Waals surface area (Å²) in [5.74, 6) is 0. The number of pyridine rings is 1. The normalized spacial score (nSPS) is 12.5. The third-order valence-corrected chi connectivity index (χ3v) is 2.56. The molecule has 4 heteroatoms. The third-order valence-electron chi connectivity index (χ3n) is 2.33. The average molecular weight is 224 g/mol. The van der Waals surface area contributed by atoms with Crippen LogP contribution in [0.4, 0.5) is 0 Å². The Morgan fingerprint density at radius 2 is 2.40 bits per heavy atom. The molecule has 1 rings (SSSR count). The van der Waals surface area contributed by atoms with Gasteiger partial charge in [-0.1, -0.05) is 11.6 Å². The lowest BCUT2D eigenvalue weighted by Gasteiger charge is -2.21. The first kappa shape index (κ1) is 12.0. The van der Waals surface area contributed by atoms with Gasteiger partial charge in [0.15, 0.2) is 0 Å². The number of hydrogen-bond acceptors (Lipinski definition) is 3. The van der Waals surface area contributed by atoms with Gasteiger partial charge in [-0.2, -0.15) is 5.26 Å². The molecule has 0 aliphatic rings. The minimum absolute atomic E-state index is 0.232. The van der Waals surface area contributed by atoms with E-state index in [9.17, 15) is 0 Å². The molecule has 1 aromatic heterocycles. The van der Waals surface area contributed by atoms with Gasteiger partial charge in [-0.3, -0.25) is 9.88 Å². The molecule has 1 atom stereocenters. The molecule has 0 saturated heterocycles. The molecule has 0 aliphatic heterocycles. The standard InChI is InChI=1S/C11H14ClN3/c1-9(3-5-13)15(2)8-11-7-10(12)4-6-14-11/h4,6-7,9H,3,8H2,1-2H3. The maximum absolute atomic E-state index is 8.58. The Labute approximate surface area is 95.3 Å². The Morgan fingerprint density at radius 3 is 3.00 bits per heavy atom. The zero-order valence-corrected chi connectivity index (χ0v) is 9.70. The van der Waals surface area contributed by atoms with E-state index in [0.717, 1.165) is 5.69 Å². The number of aromatic nitrogens is 1. The van der Waals surface area contributed by atoms with E-state index in [-0.39, 0.29) is 6.04 Å². The van der Waals surface area contributed by atoms with E-state index in [0.29, 0.717) is 18.0 Å². The van der Waals surface area contributed by atoms with Crippen LogP contribution in [0, 0.1) is 11.3 Å². The van der Waals surface area contributed by atoms with E-state index in [2.05, 4.69) is 16.0 Å². The van der Waals surface area contributed by atoms with Gasteiger partial charge in [0.25, 0.3) is 0 Å². The summed E-state index contributed by atoms with van der Waals surface area (Å²) >= 11 is 5.86.